The highest BCUT2D eigenvalue weighted by molar-refractivity contribution is 6.31. The highest BCUT2D eigenvalue weighted by Gasteiger charge is 2.48. The van der Waals surface area contributed by atoms with E-state index in [0.717, 1.165) is 50.3 Å². The fraction of sp³-hybridized carbons (Fsp3) is 0.593. The standard InChI is InChI=1S/C27H33ClFN5O2/c1-34-25(30)23(27(36)32-19-2-3-22(29)21(28)11-19)24(33-34)18-9-15-6-14(7-16(15)10-18)12-31-26(35)20-8-13-4-17(20)5-13/h2-3,11,13-18,20H,4-10,12,30H2,1H3,(H,31,35)(H,32,36). The Balaban J connectivity index is 1.08. The number of halogens is 2. The number of nitrogens with zero attached hydrogens (tertiary/aromatic N) is 2. The number of benzene rings is 1. The SMILES string of the molecule is Cn1nc(C2CC3CC(CNC(=O)C4CC5CC4C5)CC3C2)c(C(=O)Nc2ccc(F)c(Cl)c2)c1N. The molecule has 3 unspecified atom stereocenters. The summed E-state index contributed by atoms with van der Waals surface area (Å²) in [5, 5.41) is 10.6. The Kier molecular flexibility index (Phi) is 5.97. The molecule has 192 valence electrons. The number of fused-ring (bicyclic) bond motifs is 2. The van der Waals surface area contributed by atoms with Crippen molar-refractivity contribution in [1.82, 2.24) is 15.1 Å². The number of hydrogen-bond donors (Lipinski definition) is 3. The lowest BCUT2D eigenvalue weighted by atomic mass is 9.82. The molecule has 0 saturated heterocycles. The van der Waals surface area contributed by atoms with Crippen molar-refractivity contribution in [2.45, 2.75) is 50.9 Å². The second kappa shape index (κ2) is 9.05. The monoisotopic (exact) mass is 513 g/mol. The second-order valence-corrected chi connectivity index (χ2v) is 12.0. The Labute approximate surface area is 215 Å². The highest BCUT2D eigenvalue weighted by atomic mass is 35.5. The van der Waals surface area contributed by atoms with Crippen LogP contribution in [0.15, 0.2) is 18.2 Å². The highest BCUT2D eigenvalue weighted by Crippen LogP contribution is 2.54. The van der Waals surface area contributed by atoms with Crippen molar-refractivity contribution in [2.24, 2.45) is 42.6 Å². The molecule has 5 saturated carbocycles. The summed E-state index contributed by atoms with van der Waals surface area (Å²) in [4.78, 5) is 25.8. The van der Waals surface area contributed by atoms with Gasteiger partial charge in [-0.3, -0.25) is 14.3 Å². The van der Waals surface area contributed by atoms with Crippen LogP contribution >= 0.6 is 11.6 Å². The quantitative estimate of drug-likeness (QED) is 0.519. The lowest BCUT2D eigenvalue weighted by Crippen LogP contribution is -2.35. The van der Waals surface area contributed by atoms with E-state index in [9.17, 15) is 14.0 Å². The summed E-state index contributed by atoms with van der Waals surface area (Å²) >= 11 is 5.87. The number of aromatic nitrogens is 2. The minimum absolute atomic E-state index is 0.0541. The number of nitrogens with two attached hydrogens (primary N) is 1. The lowest BCUT2D eigenvalue weighted by Gasteiger charge is -2.24. The van der Waals surface area contributed by atoms with Crippen molar-refractivity contribution in [3.8, 4) is 0 Å². The van der Waals surface area contributed by atoms with Crippen LogP contribution in [0.1, 0.15) is 66.9 Å². The molecule has 1 aromatic heterocycles. The van der Waals surface area contributed by atoms with Gasteiger partial charge in [-0.2, -0.15) is 5.10 Å². The number of amides is 2. The summed E-state index contributed by atoms with van der Waals surface area (Å²) in [6.07, 6.45) is 7.75. The average molecular weight is 514 g/mol. The summed E-state index contributed by atoms with van der Waals surface area (Å²) in [7, 11) is 1.74. The van der Waals surface area contributed by atoms with Crippen molar-refractivity contribution in [2.75, 3.05) is 17.6 Å². The van der Waals surface area contributed by atoms with Crippen LogP contribution in [-0.2, 0) is 11.8 Å². The molecule has 1 aromatic carbocycles. The molecule has 0 aliphatic heterocycles. The molecule has 0 radical (unpaired) electrons. The first-order valence-electron chi connectivity index (χ1n) is 13.1. The van der Waals surface area contributed by atoms with Crippen molar-refractivity contribution in [1.29, 1.82) is 0 Å². The van der Waals surface area contributed by atoms with E-state index in [1.165, 1.54) is 31.0 Å². The maximum absolute atomic E-state index is 13.5. The number of hydrogen-bond acceptors (Lipinski definition) is 4. The van der Waals surface area contributed by atoms with E-state index in [0.29, 0.717) is 40.7 Å². The zero-order valence-corrected chi connectivity index (χ0v) is 21.2. The van der Waals surface area contributed by atoms with Gasteiger partial charge in [-0.15, -0.1) is 0 Å². The molecule has 3 atom stereocenters. The maximum atomic E-state index is 13.5. The Hall–Kier alpha value is -2.61. The van der Waals surface area contributed by atoms with E-state index in [2.05, 4.69) is 15.7 Å². The van der Waals surface area contributed by atoms with Crippen molar-refractivity contribution in [3.05, 3.63) is 40.3 Å². The summed E-state index contributed by atoms with van der Waals surface area (Å²) in [6.45, 7) is 0.787. The summed E-state index contributed by atoms with van der Waals surface area (Å²) in [5.41, 5.74) is 7.80. The van der Waals surface area contributed by atoms with Crippen LogP contribution in [0.25, 0.3) is 0 Å². The van der Waals surface area contributed by atoms with E-state index in [1.54, 1.807) is 11.7 Å². The molecule has 0 spiro atoms. The van der Waals surface area contributed by atoms with Gasteiger partial charge in [0.2, 0.25) is 5.91 Å². The summed E-state index contributed by atoms with van der Waals surface area (Å²) in [6, 6.07) is 4.08. The lowest BCUT2D eigenvalue weighted by molar-refractivity contribution is -0.125. The van der Waals surface area contributed by atoms with E-state index in [1.807, 2.05) is 0 Å². The van der Waals surface area contributed by atoms with Crippen LogP contribution in [0, 0.1) is 41.3 Å². The number of nitrogen functional groups attached to an aromatic ring is 1. The third-order valence-electron chi connectivity index (χ3n) is 9.35. The molecule has 2 bridgehead atoms. The number of carbonyl (C=O) groups is 2. The number of aryl methyl sites for hydroxylation is 1. The number of nitrogens with one attached hydrogen (secondary N) is 2. The van der Waals surface area contributed by atoms with Crippen molar-refractivity contribution >= 4 is 34.9 Å². The van der Waals surface area contributed by atoms with Crippen LogP contribution < -0.4 is 16.4 Å². The second-order valence-electron chi connectivity index (χ2n) is 11.6. The molecule has 2 amide bonds. The van der Waals surface area contributed by atoms with Gasteiger partial charge in [0, 0.05) is 31.1 Å². The predicted octanol–water partition coefficient (Wildman–Crippen LogP) is 4.73. The summed E-state index contributed by atoms with van der Waals surface area (Å²) < 4.78 is 15.1. The average Bonchev–Trinajstić information content (AvgIpc) is 3.60. The minimum Gasteiger partial charge on any atom is -0.383 e. The van der Waals surface area contributed by atoms with Crippen LogP contribution in [0.3, 0.4) is 0 Å². The first-order valence-corrected chi connectivity index (χ1v) is 13.5. The molecular formula is C27H33ClFN5O2. The van der Waals surface area contributed by atoms with Gasteiger partial charge in [0.25, 0.3) is 5.91 Å². The normalized spacial score (nSPS) is 32.2. The van der Waals surface area contributed by atoms with Crippen LogP contribution in [0.2, 0.25) is 5.02 Å². The van der Waals surface area contributed by atoms with Gasteiger partial charge in [0.05, 0.1) is 10.7 Å². The third kappa shape index (κ3) is 4.17. The van der Waals surface area contributed by atoms with Crippen LogP contribution in [0.5, 0.6) is 0 Å². The van der Waals surface area contributed by atoms with Gasteiger partial charge in [-0.05, 0) is 92.7 Å². The van der Waals surface area contributed by atoms with Gasteiger partial charge in [0.15, 0.2) is 0 Å². The number of anilines is 2. The Morgan fingerprint density at radius 2 is 1.83 bits per heavy atom. The topological polar surface area (TPSA) is 102 Å². The largest absolute Gasteiger partial charge is 0.383 e. The molecule has 5 aliphatic rings. The molecular weight excluding hydrogens is 481 g/mol. The van der Waals surface area contributed by atoms with E-state index < -0.39 is 5.82 Å². The van der Waals surface area contributed by atoms with Gasteiger partial charge in [0.1, 0.15) is 17.2 Å². The Morgan fingerprint density at radius 1 is 1.11 bits per heavy atom. The maximum Gasteiger partial charge on any atom is 0.261 e. The van der Waals surface area contributed by atoms with Crippen LogP contribution in [-0.4, -0.2) is 28.1 Å². The smallest absolute Gasteiger partial charge is 0.261 e. The molecule has 7 rings (SSSR count). The molecule has 5 aliphatic carbocycles. The fourth-order valence-corrected chi connectivity index (χ4v) is 7.71. The zero-order valence-electron chi connectivity index (χ0n) is 20.5. The molecule has 1 heterocycles. The van der Waals surface area contributed by atoms with Gasteiger partial charge < -0.3 is 16.4 Å². The van der Waals surface area contributed by atoms with E-state index in [4.69, 9.17) is 17.3 Å². The van der Waals surface area contributed by atoms with Gasteiger partial charge in [-0.25, -0.2) is 4.39 Å². The van der Waals surface area contributed by atoms with E-state index in [-0.39, 0.29) is 28.7 Å². The number of rotatable bonds is 6. The molecule has 7 nitrogen and oxygen atoms in total. The van der Waals surface area contributed by atoms with Crippen molar-refractivity contribution in [3.63, 3.8) is 0 Å². The Morgan fingerprint density at radius 3 is 2.47 bits per heavy atom. The third-order valence-corrected chi connectivity index (χ3v) is 9.64. The molecule has 4 N–H and O–H groups in total. The molecule has 2 aromatic rings. The zero-order chi connectivity index (χ0) is 25.1. The number of carbonyl (C=O) groups excluding carboxylic acids is 2. The fourth-order valence-electron chi connectivity index (χ4n) is 7.53. The first kappa shape index (κ1) is 23.8. The van der Waals surface area contributed by atoms with Crippen molar-refractivity contribution < 1.29 is 14.0 Å². The molecule has 5 fully saturated rings. The molecule has 36 heavy (non-hydrogen) atoms. The van der Waals surface area contributed by atoms with Crippen LogP contribution in [0.4, 0.5) is 15.9 Å². The summed E-state index contributed by atoms with van der Waals surface area (Å²) in [5.74, 6) is 3.23. The molecule has 9 heteroatoms. The predicted molar refractivity (Wildman–Crippen MR) is 136 cm³/mol. The first-order chi connectivity index (χ1) is 17.3. The van der Waals surface area contributed by atoms with Gasteiger partial charge in [-0.1, -0.05) is 11.6 Å². The Bertz CT molecular complexity index is 1200. The van der Waals surface area contributed by atoms with Gasteiger partial charge >= 0.3 is 0 Å². The van der Waals surface area contributed by atoms with E-state index >= 15 is 0 Å². The minimum atomic E-state index is -0.540.